The van der Waals surface area contributed by atoms with Crippen molar-refractivity contribution < 1.29 is 45.3 Å². The molecule has 10 aromatic rings. The van der Waals surface area contributed by atoms with Crippen molar-refractivity contribution >= 4 is 113 Å². The fraction of sp³-hybridized carbons (Fsp3) is 0.259. The van der Waals surface area contributed by atoms with Crippen LogP contribution >= 0.6 is 57.5 Å². The molecule has 0 bridgehead atoms. The molecule has 6 atom stereocenters. The van der Waals surface area contributed by atoms with E-state index in [0.29, 0.717) is 59.5 Å². The van der Waals surface area contributed by atoms with E-state index in [0.717, 1.165) is 64.0 Å². The normalized spacial score (nSPS) is 21.1. The van der Waals surface area contributed by atoms with Gasteiger partial charge in [0, 0.05) is 72.7 Å². The van der Waals surface area contributed by atoms with Gasteiger partial charge in [0.05, 0.1) is 11.4 Å². The van der Waals surface area contributed by atoms with Crippen molar-refractivity contribution in [2.75, 3.05) is 27.2 Å². The van der Waals surface area contributed by atoms with E-state index in [-0.39, 0.29) is 47.0 Å². The van der Waals surface area contributed by atoms with Gasteiger partial charge in [0.25, 0.3) is 23.6 Å². The molecule has 0 spiro atoms. The SMILES string of the molecule is C.C#C[C@]1(O)CCN(C)C1=O.CN1CC[C@@](O)(C#Cc2ccnc(-n3nc(C(N)=O)c4c3C[C@@]3(C)C[C@H]3C4)c2)C1=O.C[C@@]12Cc3c(c(C(N)=O)nn3-c3cc(I)ccn3)C[C@@H]1C2.[Cl][Pd][Cl].c1ccc(P(c2ccccc2)c2ccccc2)cc1.c1ccc(P(c2ccccc2)c2ccccc2)cc1. The summed E-state index contributed by atoms with van der Waals surface area (Å²) in [7, 11) is 12.0. The number of carbonyl (C=O) groups excluding carboxylic acids is 4. The molecular weight excluding hydrogens is 1580 g/mol. The van der Waals surface area contributed by atoms with Gasteiger partial charge in [-0.05, 0) is 156 Å². The first-order valence-corrected chi connectivity index (χ1v) is 41.0. The molecule has 2 aliphatic heterocycles. The van der Waals surface area contributed by atoms with Crippen LogP contribution in [0.1, 0.15) is 96.0 Å². The molecule has 16 rings (SSSR count). The summed E-state index contributed by atoms with van der Waals surface area (Å²) >= 11 is 2.14. The molecule has 6 aromatic carbocycles. The molecule has 103 heavy (non-hydrogen) atoms. The Labute approximate surface area is 635 Å². The van der Waals surface area contributed by atoms with Gasteiger partial charge in [0.2, 0.25) is 11.2 Å². The molecule has 532 valence electrons. The Hall–Kier alpha value is -8.21. The largest absolute Gasteiger partial charge is 0.0622 e. The monoisotopic (exact) mass is 1650 g/mol. The number of aromatic nitrogens is 6. The zero-order valence-corrected chi connectivity index (χ0v) is 63.7. The van der Waals surface area contributed by atoms with Crippen LogP contribution < -0.4 is 43.3 Å². The zero-order chi connectivity index (χ0) is 72.3. The van der Waals surface area contributed by atoms with E-state index < -0.39 is 38.9 Å². The molecular formula is C81H81Cl2IN10O6P2Pd. The van der Waals surface area contributed by atoms with Gasteiger partial charge >= 0.3 is 35.0 Å². The molecule has 6 aliphatic rings. The quantitative estimate of drug-likeness (QED) is 0.0438. The molecule has 2 saturated heterocycles. The molecule has 6 heterocycles. The van der Waals surface area contributed by atoms with Crippen molar-refractivity contribution in [3.05, 3.63) is 262 Å². The van der Waals surface area contributed by atoms with Crippen molar-refractivity contribution in [2.45, 2.75) is 83.8 Å². The number of likely N-dealkylation sites (tertiary alicyclic amines) is 2. The van der Waals surface area contributed by atoms with E-state index in [2.05, 4.69) is 256 Å². The minimum absolute atomic E-state index is 0. The van der Waals surface area contributed by atoms with Crippen molar-refractivity contribution in [1.29, 1.82) is 0 Å². The molecule has 4 amide bonds. The Bertz CT molecular complexity index is 4440. The Morgan fingerprint density at radius 2 is 0.893 bits per heavy atom. The second kappa shape index (κ2) is 34.1. The standard InChI is InChI=1S/C22H23N5O3.2C18H15P.C15H15IN4O.C7H9NO2.CH4.2ClH.Pd/c1-21-11-14(21)10-15-16(12-21)27(25-18(15)19(23)28)17-9-13(4-7-24-17)3-5-22(30)6-8-26(2)20(22)29;2*1-4-10-16(11-5-1)19(17-12-6-2-7-13-17)18-14-8-3-9-15-18;1-15-6-8(15)4-10-11(7-15)20(19-13(10)14(17)21)12-5-9(16)2-3-18-12;1-3-7(10)4-5-8(2)6(7)9;;;;/h4,7,9,14,30H,6,8,10-12H2,1-2H3,(H2,23,28);2*1-15H;2-3,5,8H,4,6-7H2,1H3,(H2,17,21);1,10H,4-5H2,2H3;1H4;2*1H;/q;;;;;;;;+2/p-2/t14-,21-,22+;;;8-,15-;7-;;;;/m1..10..../s1. The summed E-state index contributed by atoms with van der Waals surface area (Å²) in [4.78, 5) is 58.5. The van der Waals surface area contributed by atoms with Gasteiger partial charge in [-0.1, -0.05) is 221 Å². The molecule has 6 N–H and O–H groups in total. The fourth-order valence-corrected chi connectivity index (χ4v) is 18.5. The zero-order valence-electron chi connectivity index (χ0n) is 56.7. The topological polar surface area (TPSA) is 229 Å². The van der Waals surface area contributed by atoms with Crippen LogP contribution in [-0.2, 0) is 51.2 Å². The Morgan fingerprint density at radius 3 is 1.19 bits per heavy atom. The van der Waals surface area contributed by atoms with Crippen molar-refractivity contribution in [3.63, 3.8) is 0 Å². The van der Waals surface area contributed by atoms with Crippen molar-refractivity contribution in [2.24, 2.45) is 34.1 Å². The Balaban J connectivity index is 0.000000141. The number of pyridine rings is 2. The summed E-state index contributed by atoms with van der Waals surface area (Å²) in [5.41, 5.74) is 13.9. The van der Waals surface area contributed by atoms with Crippen LogP contribution in [0.25, 0.3) is 11.6 Å². The Morgan fingerprint density at radius 1 is 0.563 bits per heavy atom. The molecule has 4 fully saturated rings. The summed E-state index contributed by atoms with van der Waals surface area (Å²) in [6.07, 6.45) is 14.8. The van der Waals surface area contributed by atoms with E-state index in [1.807, 2.05) is 16.8 Å². The number of primary amides is 2. The van der Waals surface area contributed by atoms with Crippen LogP contribution in [0.2, 0.25) is 0 Å². The number of halogens is 3. The first-order valence-electron chi connectivity index (χ1n) is 33.2. The van der Waals surface area contributed by atoms with Gasteiger partial charge in [-0.2, -0.15) is 10.2 Å². The number of nitrogens with two attached hydrogens (primary N) is 2. The summed E-state index contributed by atoms with van der Waals surface area (Å²) in [6, 6.07) is 72.0. The minimum atomic E-state index is -1.65. The molecule has 16 nitrogen and oxygen atoms in total. The number of amides is 4. The van der Waals surface area contributed by atoms with E-state index in [4.69, 9.17) is 36.9 Å². The number of terminal acetylenes is 1. The van der Waals surface area contributed by atoms with Crippen molar-refractivity contribution in [1.82, 2.24) is 39.3 Å². The molecule has 2 saturated carbocycles. The first kappa shape index (κ1) is 77.4. The van der Waals surface area contributed by atoms with Crippen LogP contribution in [0.5, 0.6) is 0 Å². The molecule has 4 aliphatic carbocycles. The number of nitrogens with zero attached hydrogens (tertiary/aromatic N) is 8. The third-order valence-electron chi connectivity index (χ3n) is 19.4. The summed E-state index contributed by atoms with van der Waals surface area (Å²) in [5.74, 6) is 8.52. The number of carbonyl (C=O) groups is 4. The maximum absolute atomic E-state index is 12.1. The van der Waals surface area contributed by atoms with Gasteiger partial charge in [0.1, 0.15) is 0 Å². The number of aliphatic hydroxyl groups is 2. The van der Waals surface area contributed by atoms with Gasteiger partial charge in [-0.25, -0.2) is 19.3 Å². The van der Waals surface area contributed by atoms with E-state index >= 15 is 0 Å². The molecule has 0 radical (unpaired) electrons. The smallest absolute Gasteiger partial charge is 0.0134 e. The predicted octanol–water partition coefficient (Wildman–Crippen LogP) is 10.6. The number of rotatable bonds is 10. The average molecular weight is 1660 g/mol. The van der Waals surface area contributed by atoms with Crippen molar-refractivity contribution in [3.8, 4) is 35.8 Å². The van der Waals surface area contributed by atoms with Gasteiger partial charge in [0.15, 0.2) is 23.0 Å². The third kappa shape index (κ3) is 18.1. The Kier molecular flexibility index (Phi) is 25.7. The van der Waals surface area contributed by atoms with Gasteiger partial charge in [-0.3, -0.25) is 19.2 Å². The minimum Gasteiger partial charge on any atom is -0.0622 e. The van der Waals surface area contributed by atoms with Crippen LogP contribution in [0.3, 0.4) is 0 Å². The van der Waals surface area contributed by atoms with Crippen LogP contribution in [0.4, 0.5) is 0 Å². The van der Waals surface area contributed by atoms with Crippen LogP contribution in [0.15, 0.2) is 219 Å². The number of hydrogen-bond donors (Lipinski definition) is 4. The van der Waals surface area contributed by atoms with E-state index in [9.17, 15) is 29.4 Å². The maximum atomic E-state index is 12.1. The van der Waals surface area contributed by atoms with Gasteiger partial charge < -0.3 is 31.5 Å². The number of likely N-dealkylation sites (N-methyl/N-ethyl adjacent to an activating group) is 2. The van der Waals surface area contributed by atoms with E-state index in [1.165, 1.54) is 48.0 Å². The number of benzene rings is 6. The van der Waals surface area contributed by atoms with Gasteiger partial charge in [-0.15, -0.1) is 6.42 Å². The fourth-order valence-electron chi connectivity index (χ4n) is 13.5. The first-order chi connectivity index (χ1) is 49.1. The summed E-state index contributed by atoms with van der Waals surface area (Å²) in [6.45, 7) is 5.58. The molecule has 4 aromatic heterocycles. The second-order valence-electron chi connectivity index (χ2n) is 26.5. The molecule has 0 unspecified atom stereocenters. The summed E-state index contributed by atoms with van der Waals surface area (Å²) in [5, 5.41) is 37.2. The second-order valence-corrected chi connectivity index (χ2v) is 34.6. The number of fused-ring (bicyclic) bond motifs is 4. The van der Waals surface area contributed by atoms with E-state index in [1.54, 1.807) is 43.3 Å². The number of hydrogen-bond acceptors (Lipinski definition) is 10. The van der Waals surface area contributed by atoms with Crippen LogP contribution in [-0.4, -0.2) is 112 Å². The van der Waals surface area contributed by atoms with Crippen LogP contribution in [0, 0.1) is 50.4 Å². The molecule has 22 heteroatoms. The third-order valence-corrected chi connectivity index (χ3v) is 25.0. The average Bonchev–Trinajstić information content (AvgIpc) is 1.56. The summed E-state index contributed by atoms with van der Waals surface area (Å²) < 4.78 is 4.61. The maximum Gasteiger partial charge on any atom is -0.0134 e. The predicted molar refractivity (Wildman–Crippen MR) is 419 cm³/mol.